The number of nitrogens with zero attached hydrogens (tertiary/aromatic N) is 2. The summed E-state index contributed by atoms with van der Waals surface area (Å²) in [4.78, 5) is 2.58. The maximum absolute atomic E-state index is 9.78. The third-order valence-electron chi connectivity index (χ3n) is 8.89. The minimum Gasteiger partial charge on any atom is -0.508 e. The number of benzene rings is 4. The van der Waals surface area contributed by atoms with E-state index in [1.54, 1.807) is 12.1 Å². The summed E-state index contributed by atoms with van der Waals surface area (Å²) in [6.45, 7) is 16.0. The molecule has 2 aliphatic heterocycles. The molecule has 3 aliphatic rings. The van der Waals surface area contributed by atoms with Gasteiger partial charge in [0.1, 0.15) is 24.1 Å². The van der Waals surface area contributed by atoms with Gasteiger partial charge in [0.15, 0.2) is 0 Å². The minimum absolute atomic E-state index is 0.0570. The number of aromatic hydroxyl groups is 1. The van der Waals surface area contributed by atoms with Crippen molar-refractivity contribution in [3.63, 3.8) is 0 Å². The predicted molar refractivity (Wildman–Crippen MR) is 171 cm³/mol. The zero-order chi connectivity index (χ0) is 29.2. The molecule has 210 valence electrons. The van der Waals surface area contributed by atoms with Crippen molar-refractivity contribution in [2.75, 3.05) is 11.9 Å². The Morgan fingerprint density at radius 1 is 0.927 bits per heavy atom. The van der Waals surface area contributed by atoms with Gasteiger partial charge in [-0.05, 0) is 94.8 Å². The fourth-order valence-electron chi connectivity index (χ4n) is 7.21. The van der Waals surface area contributed by atoms with Gasteiger partial charge in [-0.1, -0.05) is 30.7 Å². The summed E-state index contributed by atoms with van der Waals surface area (Å²) in [6.07, 6.45) is 1.11. The quantitative estimate of drug-likeness (QED) is 0.182. The summed E-state index contributed by atoms with van der Waals surface area (Å²) in [7, 11) is 2.04. The summed E-state index contributed by atoms with van der Waals surface area (Å²) < 4.78 is 8.94. The number of hydrogen-bond donors (Lipinski definition) is 1. The molecule has 0 amide bonds. The molecule has 6 rings (SSSR count). The SMILES string of the molecule is Cc1ccc(-c2c3ccc(=[N+](C)c4ccc(O)cc4)cc-3oc3cc4c(cc23)C(C)CC(C)(C)N4C(C)C)c(C)c1. The van der Waals surface area contributed by atoms with Crippen LogP contribution in [0.25, 0.3) is 33.4 Å². The molecule has 41 heavy (non-hydrogen) atoms. The van der Waals surface area contributed by atoms with Gasteiger partial charge >= 0.3 is 0 Å². The molecule has 3 aromatic carbocycles. The molecule has 1 unspecified atom stereocenters. The number of anilines is 1. The molecular formula is C37H41N2O2+. The van der Waals surface area contributed by atoms with Gasteiger partial charge in [-0.3, -0.25) is 0 Å². The van der Waals surface area contributed by atoms with Gasteiger partial charge in [-0.25, -0.2) is 0 Å². The lowest BCUT2D eigenvalue weighted by Crippen LogP contribution is -2.51. The van der Waals surface area contributed by atoms with Gasteiger partial charge in [0.2, 0.25) is 11.0 Å². The van der Waals surface area contributed by atoms with Gasteiger partial charge < -0.3 is 14.4 Å². The molecule has 0 spiro atoms. The van der Waals surface area contributed by atoms with Gasteiger partial charge in [0.05, 0.1) is 6.07 Å². The molecule has 0 fully saturated rings. The van der Waals surface area contributed by atoms with E-state index in [0.717, 1.165) is 39.8 Å². The number of aryl methyl sites for hydroxylation is 2. The molecule has 3 aromatic rings. The maximum atomic E-state index is 9.78. The van der Waals surface area contributed by atoms with Crippen molar-refractivity contribution in [1.29, 1.82) is 0 Å². The summed E-state index contributed by atoms with van der Waals surface area (Å²) in [6, 6.07) is 25.6. The smallest absolute Gasteiger partial charge is 0.209 e. The highest BCUT2D eigenvalue weighted by Gasteiger charge is 2.38. The molecule has 1 N–H and O–H groups in total. The van der Waals surface area contributed by atoms with Crippen LogP contribution in [0.1, 0.15) is 63.6 Å². The van der Waals surface area contributed by atoms with Crippen molar-refractivity contribution in [2.45, 2.75) is 72.4 Å². The van der Waals surface area contributed by atoms with Crippen LogP contribution in [0.15, 0.2) is 77.2 Å². The Morgan fingerprint density at radius 2 is 1.63 bits per heavy atom. The van der Waals surface area contributed by atoms with Crippen molar-refractivity contribution in [3.8, 4) is 28.2 Å². The molecule has 0 saturated heterocycles. The molecule has 0 radical (unpaired) electrons. The minimum atomic E-state index is 0.0570. The van der Waals surface area contributed by atoms with Gasteiger partial charge in [0.25, 0.3) is 0 Å². The number of rotatable bonds is 3. The van der Waals surface area contributed by atoms with Crippen molar-refractivity contribution in [2.24, 2.45) is 0 Å². The van der Waals surface area contributed by atoms with Crippen LogP contribution in [0.4, 0.5) is 11.4 Å². The second-order valence-electron chi connectivity index (χ2n) is 12.8. The molecule has 4 heteroatoms. The Hall–Kier alpha value is -4.05. The third-order valence-corrected chi connectivity index (χ3v) is 8.89. The first-order valence-corrected chi connectivity index (χ1v) is 14.7. The predicted octanol–water partition coefficient (Wildman–Crippen LogP) is 8.76. The van der Waals surface area contributed by atoms with Crippen LogP contribution in [0.2, 0.25) is 0 Å². The summed E-state index contributed by atoms with van der Waals surface area (Å²) in [5.41, 5.74) is 10.7. The highest BCUT2D eigenvalue weighted by atomic mass is 16.3. The van der Waals surface area contributed by atoms with Crippen molar-refractivity contribution in [3.05, 3.63) is 94.8 Å². The third kappa shape index (κ3) is 4.60. The Balaban J connectivity index is 1.70. The van der Waals surface area contributed by atoms with Gasteiger partial charge in [-0.15, -0.1) is 0 Å². The van der Waals surface area contributed by atoms with Crippen LogP contribution in [0, 0.1) is 13.8 Å². The van der Waals surface area contributed by atoms with Crippen LogP contribution in [-0.4, -0.2) is 23.7 Å². The lowest BCUT2D eigenvalue weighted by molar-refractivity contribution is 0.356. The van der Waals surface area contributed by atoms with E-state index in [1.165, 1.54) is 33.5 Å². The molecule has 1 atom stereocenters. The molecule has 0 bridgehead atoms. The molecular weight excluding hydrogens is 504 g/mol. The summed E-state index contributed by atoms with van der Waals surface area (Å²) in [5.74, 6) is 1.56. The zero-order valence-corrected chi connectivity index (χ0v) is 25.5. The topological polar surface area (TPSA) is 39.6 Å². The van der Waals surface area contributed by atoms with E-state index >= 15 is 0 Å². The molecule has 0 aromatic heterocycles. The molecule has 4 nitrogen and oxygen atoms in total. The Bertz CT molecular complexity index is 1830. The fraction of sp³-hybridized carbons (Fsp3) is 0.324. The second kappa shape index (κ2) is 9.80. The second-order valence-corrected chi connectivity index (χ2v) is 12.8. The standard InChI is InChI=1S/C37H40N2O2/c1-22(2)39-33-20-35-32(19-31(33)25(5)21-37(39,6)7)36(29-15-9-23(3)17-24(29)4)30-16-12-27(18-34(30)41-35)38(8)26-10-13-28(40)14-11-26/h9-20,22,25H,21H2,1-8H3/p+1. The highest BCUT2D eigenvalue weighted by molar-refractivity contribution is 6.04. The van der Waals surface area contributed by atoms with Crippen LogP contribution in [0.3, 0.4) is 0 Å². The Morgan fingerprint density at radius 3 is 2.32 bits per heavy atom. The first-order chi connectivity index (χ1) is 19.4. The number of phenolic OH excluding ortho intramolecular Hbond substituents is 1. The van der Waals surface area contributed by atoms with Crippen molar-refractivity contribution in [1.82, 2.24) is 4.58 Å². The van der Waals surface area contributed by atoms with E-state index in [9.17, 15) is 5.11 Å². The lowest BCUT2D eigenvalue weighted by atomic mass is 9.78. The molecule has 2 heterocycles. The Labute approximate surface area is 243 Å². The van der Waals surface area contributed by atoms with Gasteiger partial charge in [0, 0.05) is 58.0 Å². The average molecular weight is 546 g/mol. The van der Waals surface area contributed by atoms with E-state index < -0.39 is 0 Å². The van der Waals surface area contributed by atoms with E-state index in [2.05, 4.69) is 106 Å². The van der Waals surface area contributed by atoms with E-state index in [0.29, 0.717) is 12.0 Å². The molecule has 0 saturated carbocycles. The number of fused-ring (bicyclic) bond motifs is 3. The zero-order valence-electron chi connectivity index (χ0n) is 25.5. The Kier molecular flexibility index (Phi) is 6.48. The van der Waals surface area contributed by atoms with Crippen molar-refractivity contribution < 1.29 is 9.52 Å². The number of phenols is 1. The van der Waals surface area contributed by atoms with Crippen LogP contribution < -0.4 is 14.8 Å². The molecule has 1 aliphatic carbocycles. The van der Waals surface area contributed by atoms with E-state index in [-0.39, 0.29) is 11.3 Å². The summed E-state index contributed by atoms with van der Waals surface area (Å²) in [5, 5.41) is 12.0. The average Bonchev–Trinajstić information content (AvgIpc) is 2.90. The fourth-order valence-corrected chi connectivity index (χ4v) is 7.21. The first kappa shape index (κ1) is 27.1. The van der Waals surface area contributed by atoms with Crippen LogP contribution in [-0.2, 0) is 0 Å². The van der Waals surface area contributed by atoms with Crippen LogP contribution in [0.5, 0.6) is 5.75 Å². The number of hydrogen-bond acceptors (Lipinski definition) is 3. The maximum Gasteiger partial charge on any atom is 0.209 e. The summed E-state index contributed by atoms with van der Waals surface area (Å²) >= 11 is 0. The van der Waals surface area contributed by atoms with Crippen molar-refractivity contribution >= 4 is 22.3 Å². The largest absolute Gasteiger partial charge is 0.508 e. The first-order valence-electron chi connectivity index (χ1n) is 14.7. The lowest BCUT2D eigenvalue weighted by Gasteiger charge is -2.50. The highest BCUT2D eigenvalue weighted by Crippen LogP contribution is 2.49. The van der Waals surface area contributed by atoms with Gasteiger partial charge in [-0.2, -0.15) is 4.58 Å². The van der Waals surface area contributed by atoms with E-state index in [4.69, 9.17) is 4.42 Å². The van der Waals surface area contributed by atoms with Crippen LogP contribution >= 0.6 is 0 Å². The van der Waals surface area contributed by atoms with E-state index in [1.807, 2.05) is 19.2 Å². The normalized spacial score (nSPS) is 17.3. The monoisotopic (exact) mass is 545 g/mol.